The van der Waals surface area contributed by atoms with E-state index in [-0.39, 0.29) is 6.03 Å². The Morgan fingerprint density at radius 3 is 2.77 bits per heavy atom. The van der Waals surface area contributed by atoms with Crippen LogP contribution in [-0.4, -0.2) is 18.0 Å². The zero-order valence-corrected chi connectivity index (χ0v) is 13.2. The maximum atomic E-state index is 12.2. The van der Waals surface area contributed by atoms with Crippen LogP contribution in [0.2, 0.25) is 5.02 Å². The Kier molecular flexibility index (Phi) is 5.03. The number of aryl methyl sites for hydroxylation is 1. The van der Waals surface area contributed by atoms with E-state index in [1.54, 1.807) is 42.3 Å². The number of nitrogens with zero attached hydrogens (tertiary/aromatic N) is 2. The number of benzene rings is 2. The summed E-state index contributed by atoms with van der Waals surface area (Å²) in [6.07, 6.45) is 0. The van der Waals surface area contributed by atoms with E-state index >= 15 is 0 Å². The number of nitriles is 1. The van der Waals surface area contributed by atoms with Gasteiger partial charge < -0.3 is 10.2 Å². The Balaban J connectivity index is 2.04. The van der Waals surface area contributed by atoms with Crippen molar-refractivity contribution in [2.24, 2.45) is 0 Å². The SMILES string of the molecule is Cc1cc(Cl)ccc1NC(=O)N(C)Cc1cccc(C#N)c1. The topological polar surface area (TPSA) is 56.1 Å². The molecule has 0 bridgehead atoms. The van der Waals surface area contributed by atoms with Crippen LogP contribution < -0.4 is 5.32 Å². The Labute approximate surface area is 134 Å². The summed E-state index contributed by atoms with van der Waals surface area (Å²) in [6.45, 7) is 2.31. The number of halogens is 1. The molecule has 0 saturated heterocycles. The number of hydrogen-bond donors (Lipinski definition) is 1. The minimum Gasteiger partial charge on any atom is -0.323 e. The molecule has 112 valence electrons. The van der Waals surface area contributed by atoms with Gasteiger partial charge in [-0.2, -0.15) is 5.26 Å². The lowest BCUT2D eigenvalue weighted by Crippen LogP contribution is -2.31. The molecule has 0 aliphatic heterocycles. The molecule has 0 spiro atoms. The van der Waals surface area contributed by atoms with Crippen LogP contribution in [0.4, 0.5) is 10.5 Å². The maximum Gasteiger partial charge on any atom is 0.321 e. The third-order valence-corrected chi connectivity index (χ3v) is 3.49. The summed E-state index contributed by atoms with van der Waals surface area (Å²) in [6, 6.07) is 14.4. The number of amides is 2. The minimum atomic E-state index is -0.215. The monoisotopic (exact) mass is 313 g/mol. The minimum absolute atomic E-state index is 0.215. The van der Waals surface area contributed by atoms with Crippen LogP contribution in [-0.2, 0) is 6.54 Å². The number of hydrogen-bond acceptors (Lipinski definition) is 2. The summed E-state index contributed by atoms with van der Waals surface area (Å²) >= 11 is 5.90. The van der Waals surface area contributed by atoms with Crippen LogP contribution in [0.15, 0.2) is 42.5 Å². The highest BCUT2D eigenvalue weighted by molar-refractivity contribution is 6.30. The lowest BCUT2D eigenvalue weighted by molar-refractivity contribution is 0.220. The van der Waals surface area contributed by atoms with E-state index in [1.165, 1.54) is 0 Å². The summed E-state index contributed by atoms with van der Waals surface area (Å²) in [5, 5.41) is 12.4. The van der Waals surface area contributed by atoms with Gasteiger partial charge in [-0.05, 0) is 48.4 Å². The van der Waals surface area contributed by atoms with Crippen molar-refractivity contribution in [3.05, 3.63) is 64.2 Å². The van der Waals surface area contributed by atoms with Crippen molar-refractivity contribution in [2.75, 3.05) is 12.4 Å². The Hall–Kier alpha value is -2.51. The molecule has 0 radical (unpaired) electrons. The summed E-state index contributed by atoms with van der Waals surface area (Å²) in [4.78, 5) is 13.8. The summed E-state index contributed by atoms with van der Waals surface area (Å²) in [7, 11) is 1.71. The summed E-state index contributed by atoms with van der Waals surface area (Å²) in [5.74, 6) is 0. The van der Waals surface area contributed by atoms with E-state index in [0.717, 1.165) is 16.8 Å². The van der Waals surface area contributed by atoms with Gasteiger partial charge in [0.1, 0.15) is 0 Å². The number of carbonyl (C=O) groups is 1. The van der Waals surface area contributed by atoms with Crippen molar-refractivity contribution in [1.29, 1.82) is 5.26 Å². The molecule has 0 fully saturated rings. The average molecular weight is 314 g/mol. The first-order valence-electron chi connectivity index (χ1n) is 6.77. The van der Waals surface area contributed by atoms with E-state index in [4.69, 9.17) is 16.9 Å². The molecule has 0 aliphatic rings. The van der Waals surface area contributed by atoms with E-state index in [2.05, 4.69) is 11.4 Å². The Morgan fingerprint density at radius 1 is 1.32 bits per heavy atom. The lowest BCUT2D eigenvalue weighted by Gasteiger charge is -2.19. The van der Waals surface area contributed by atoms with Gasteiger partial charge in [-0.1, -0.05) is 23.7 Å². The molecule has 0 saturated carbocycles. The second kappa shape index (κ2) is 6.97. The number of urea groups is 1. The third-order valence-electron chi connectivity index (χ3n) is 3.25. The van der Waals surface area contributed by atoms with E-state index in [9.17, 15) is 4.79 Å². The molecule has 0 aliphatic carbocycles. The molecular weight excluding hydrogens is 298 g/mol. The number of carbonyl (C=O) groups excluding carboxylic acids is 1. The summed E-state index contributed by atoms with van der Waals surface area (Å²) in [5.41, 5.74) is 3.12. The fraction of sp³-hybridized carbons (Fsp3) is 0.176. The predicted octanol–water partition coefficient (Wildman–Crippen LogP) is 4.18. The van der Waals surface area contributed by atoms with Gasteiger partial charge in [0, 0.05) is 24.3 Å². The van der Waals surface area contributed by atoms with Gasteiger partial charge in [-0.3, -0.25) is 0 Å². The molecule has 0 atom stereocenters. The standard InChI is InChI=1S/C17H16ClN3O/c1-12-8-15(18)6-7-16(12)20-17(22)21(2)11-14-5-3-4-13(9-14)10-19/h3-9H,11H2,1-2H3,(H,20,22). The van der Waals surface area contributed by atoms with Gasteiger partial charge in [0.25, 0.3) is 0 Å². The van der Waals surface area contributed by atoms with Gasteiger partial charge in [-0.15, -0.1) is 0 Å². The smallest absolute Gasteiger partial charge is 0.321 e. The molecule has 2 amide bonds. The van der Waals surface area contributed by atoms with Crippen LogP contribution in [0.5, 0.6) is 0 Å². The van der Waals surface area contributed by atoms with Gasteiger partial charge in [-0.25, -0.2) is 4.79 Å². The highest BCUT2D eigenvalue weighted by atomic mass is 35.5. The van der Waals surface area contributed by atoms with Crippen molar-refractivity contribution >= 4 is 23.3 Å². The molecular formula is C17H16ClN3O. The van der Waals surface area contributed by atoms with Crippen molar-refractivity contribution in [3.63, 3.8) is 0 Å². The molecule has 2 aromatic carbocycles. The molecule has 2 aromatic rings. The largest absolute Gasteiger partial charge is 0.323 e. The molecule has 22 heavy (non-hydrogen) atoms. The fourth-order valence-corrected chi connectivity index (χ4v) is 2.29. The second-order valence-electron chi connectivity index (χ2n) is 5.06. The normalized spacial score (nSPS) is 9.91. The molecule has 0 unspecified atom stereocenters. The van der Waals surface area contributed by atoms with Gasteiger partial charge in [0.05, 0.1) is 11.6 Å². The van der Waals surface area contributed by atoms with E-state index < -0.39 is 0 Å². The Morgan fingerprint density at radius 2 is 2.09 bits per heavy atom. The van der Waals surface area contributed by atoms with Gasteiger partial charge in [0.2, 0.25) is 0 Å². The highest BCUT2D eigenvalue weighted by Gasteiger charge is 2.11. The zero-order chi connectivity index (χ0) is 16.1. The molecule has 0 aromatic heterocycles. The molecule has 5 heteroatoms. The molecule has 2 rings (SSSR count). The van der Waals surface area contributed by atoms with Crippen molar-refractivity contribution < 1.29 is 4.79 Å². The van der Waals surface area contributed by atoms with Crippen LogP contribution in [0.25, 0.3) is 0 Å². The van der Waals surface area contributed by atoms with Crippen LogP contribution >= 0.6 is 11.6 Å². The zero-order valence-electron chi connectivity index (χ0n) is 12.4. The number of nitrogens with one attached hydrogen (secondary N) is 1. The molecule has 4 nitrogen and oxygen atoms in total. The quantitative estimate of drug-likeness (QED) is 0.924. The van der Waals surface area contributed by atoms with Crippen LogP contribution in [0, 0.1) is 18.3 Å². The van der Waals surface area contributed by atoms with Crippen LogP contribution in [0.3, 0.4) is 0 Å². The average Bonchev–Trinajstić information content (AvgIpc) is 2.50. The predicted molar refractivity (Wildman–Crippen MR) is 87.8 cm³/mol. The van der Waals surface area contributed by atoms with Crippen LogP contribution in [0.1, 0.15) is 16.7 Å². The third kappa shape index (κ3) is 4.00. The summed E-state index contributed by atoms with van der Waals surface area (Å²) < 4.78 is 0. The molecule has 0 heterocycles. The van der Waals surface area contributed by atoms with Crippen molar-refractivity contribution in [3.8, 4) is 6.07 Å². The van der Waals surface area contributed by atoms with Crippen molar-refractivity contribution in [2.45, 2.75) is 13.5 Å². The van der Waals surface area contributed by atoms with Gasteiger partial charge in [0.15, 0.2) is 0 Å². The van der Waals surface area contributed by atoms with Crippen molar-refractivity contribution in [1.82, 2.24) is 4.90 Å². The highest BCUT2D eigenvalue weighted by Crippen LogP contribution is 2.20. The first-order chi connectivity index (χ1) is 10.5. The second-order valence-corrected chi connectivity index (χ2v) is 5.49. The maximum absolute atomic E-state index is 12.2. The first-order valence-corrected chi connectivity index (χ1v) is 7.14. The van der Waals surface area contributed by atoms with E-state index in [0.29, 0.717) is 17.1 Å². The first kappa shape index (κ1) is 15.9. The van der Waals surface area contributed by atoms with E-state index in [1.807, 2.05) is 19.1 Å². The van der Waals surface area contributed by atoms with Gasteiger partial charge >= 0.3 is 6.03 Å². The number of rotatable bonds is 3. The molecule has 1 N–H and O–H groups in total. The lowest BCUT2D eigenvalue weighted by atomic mass is 10.1. The fourth-order valence-electron chi connectivity index (χ4n) is 2.06. The number of anilines is 1. The Bertz CT molecular complexity index is 737.